The van der Waals surface area contributed by atoms with Crippen LogP contribution in [0.1, 0.15) is 31.9 Å². The maximum Gasteiger partial charge on any atom is 0.237 e. The highest BCUT2D eigenvalue weighted by Crippen LogP contribution is 2.14. The SMILES string of the molecule is CC(C)C[C@@H](N)C(=O)NC(CN(C)C)c1ccccc1. The third kappa shape index (κ3) is 5.72. The van der Waals surface area contributed by atoms with Gasteiger partial charge in [-0.1, -0.05) is 44.2 Å². The molecule has 1 unspecified atom stereocenters. The maximum atomic E-state index is 12.2. The quantitative estimate of drug-likeness (QED) is 0.798. The van der Waals surface area contributed by atoms with Gasteiger partial charge in [-0.15, -0.1) is 0 Å². The van der Waals surface area contributed by atoms with Gasteiger partial charge in [0.05, 0.1) is 12.1 Å². The van der Waals surface area contributed by atoms with Crippen molar-refractivity contribution in [2.24, 2.45) is 11.7 Å². The Kier molecular flexibility index (Phi) is 6.68. The first-order chi connectivity index (χ1) is 9.40. The lowest BCUT2D eigenvalue weighted by molar-refractivity contribution is -0.123. The van der Waals surface area contributed by atoms with Gasteiger partial charge in [-0.2, -0.15) is 0 Å². The molecule has 0 bridgehead atoms. The second kappa shape index (κ2) is 8.02. The lowest BCUT2D eigenvalue weighted by Gasteiger charge is -2.25. The van der Waals surface area contributed by atoms with Crippen LogP contribution in [-0.4, -0.2) is 37.5 Å². The molecule has 0 saturated carbocycles. The lowest BCUT2D eigenvalue weighted by atomic mass is 10.0. The predicted octanol–water partition coefficient (Wildman–Crippen LogP) is 1.78. The van der Waals surface area contributed by atoms with E-state index < -0.39 is 6.04 Å². The summed E-state index contributed by atoms with van der Waals surface area (Å²) >= 11 is 0. The number of nitrogens with two attached hydrogens (primary N) is 1. The van der Waals surface area contributed by atoms with E-state index in [-0.39, 0.29) is 11.9 Å². The first-order valence-electron chi connectivity index (χ1n) is 7.15. The molecule has 2 atom stereocenters. The number of hydrogen-bond donors (Lipinski definition) is 2. The van der Waals surface area contributed by atoms with Gasteiger partial charge < -0.3 is 16.0 Å². The van der Waals surface area contributed by atoms with Gasteiger partial charge in [-0.3, -0.25) is 4.79 Å². The van der Waals surface area contributed by atoms with Crippen LogP contribution in [0.4, 0.5) is 0 Å². The van der Waals surface area contributed by atoms with Crippen molar-refractivity contribution < 1.29 is 4.79 Å². The standard InChI is InChI=1S/C16H27N3O/c1-12(2)10-14(17)16(20)18-15(11-19(3)4)13-8-6-5-7-9-13/h5-9,12,14-15H,10-11,17H2,1-4H3,(H,18,20)/t14-,15?/m1/s1. The molecule has 20 heavy (non-hydrogen) atoms. The van der Waals surface area contributed by atoms with E-state index in [1.54, 1.807) is 0 Å². The minimum absolute atomic E-state index is 0.0306. The Balaban J connectivity index is 2.73. The molecule has 0 aliphatic rings. The summed E-state index contributed by atoms with van der Waals surface area (Å²) in [5.74, 6) is 0.342. The van der Waals surface area contributed by atoms with Crippen LogP contribution in [0.15, 0.2) is 30.3 Å². The second-order valence-corrected chi connectivity index (χ2v) is 5.97. The largest absolute Gasteiger partial charge is 0.347 e. The molecule has 1 amide bonds. The molecule has 0 aromatic heterocycles. The third-order valence-electron chi connectivity index (χ3n) is 3.13. The van der Waals surface area contributed by atoms with Crippen molar-refractivity contribution in [2.45, 2.75) is 32.4 Å². The molecule has 3 N–H and O–H groups in total. The van der Waals surface area contributed by atoms with Gasteiger partial charge in [0.25, 0.3) is 0 Å². The zero-order chi connectivity index (χ0) is 15.1. The van der Waals surface area contributed by atoms with Crippen LogP contribution in [0.25, 0.3) is 0 Å². The van der Waals surface area contributed by atoms with Crippen molar-refractivity contribution in [3.05, 3.63) is 35.9 Å². The van der Waals surface area contributed by atoms with Crippen LogP contribution in [0, 0.1) is 5.92 Å². The van der Waals surface area contributed by atoms with Gasteiger partial charge >= 0.3 is 0 Å². The summed E-state index contributed by atoms with van der Waals surface area (Å²) in [5.41, 5.74) is 7.05. The molecular weight excluding hydrogens is 250 g/mol. The number of hydrogen-bond acceptors (Lipinski definition) is 3. The molecule has 0 fully saturated rings. The molecule has 0 aliphatic carbocycles. The normalized spacial score (nSPS) is 14.3. The minimum Gasteiger partial charge on any atom is -0.347 e. The van der Waals surface area contributed by atoms with Gasteiger partial charge in [-0.05, 0) is 32.0 Å². The molecule has 0 saturated heterocycles. The van der Waals surface area contributed by atoms with Crippen LogP contribution in [-0.2, 0) is 4.79 Å². The topological polar surface area (TPSA) is 58.4 Å². The molecule has 0 aliphatic heterocycles. The molecule has 0 spiro atoms. The monoisotopic (exact) mass is 277 g/mol. The number of amides is 1. The van der Waals surface area contributed by atoms with Crippen molar-refractivity contribution in [1.82, 2.24) is 10.2 Å². The summed E-state index contributed by atoms with van der Waals surface area (Å²) in [5, 5.41) is 3.06. The summed E-state index contributed by atoms with van der Waals surface area (Å²) in [6, 6.07) is 9.53. The predicted molar refractivity (Wildman–Crippen MR) is 83.3 cm³/mol. The average Bonchev–Trinajstić information content (AvgIpc) is 2.37. The molecule has 1 rings (SSSR count). The Morgan fingerprint density at radius 1 is 1.25 bits per heavy atom. The van der Waals surface area contributed by atoms with E-state index in [4.69, 9.17) is 5.73 Å². The summed E-state index contributed by atoms with van der Waals surface area (Å²) in [6.07, 6.45) is 0.704. The first kappa shape index (κ1) is 16.7. The molecular formula is C16H27N3O. The molecule has 4 heteroatoms. The highest BCUT2D eigenvalue weighted by atomic mass is 16.2. The number of nitrogens with zero attached hydrogens (tertiary/aromatic N) is 1. The number of carbonyl (C=O) groups is 1. The smallest absolute Gasteiger partial charge is 0.237 e. The zero-order valence-corrected chi connectivity index (χ0v) is 13.0. The number of likely N-dealkylation sites (N-methyl/N-ethyl adjacent to an activating group) is 1. The highest BCUT2D eigenvalue weighted by Gasteiger charge is 2.20. The van der Waals surface area contributed by atoms with Gasteiger partial charge in [0.2, 0.25) is 5.91 Å². The molecule has 112 valence electrons. The van der Waals surface area contributed by atoms with E-state index in [1.807, 2.05) is 44.4 Å². The third-order valence-corrected chi connectivity index (χ3v) is 3.13. The Hall–Kier alpha value is -1.39. The summed E-state index contributed by atoms with van der Waals surface area (Å²) < 4.78 is 0. The van der Waals surface area contributed by atoms with Gasteiger partial charge in [0, 0.05) is 6.54 Å². The Morgan fingerprint density at radius 2 is 1.85 bits per heavy atom. The highest BCUT2D eigenvalue weighted by molar-refractivity contribution is 5.81. The fourth-order valence-corrected chi connectivity index (χ4v) is 2.18. The Morgan fingerprint density at radius 3 is 2.35 bits per heavy atom. The molecule has 4 nitrogen and oxygen atoms in total. The maximum absolute atomic E-state index is 12.2. The van der Waals surface area contributed by atoms with Gasteiger partial charge in [0.1, 0.15) is 0 Å². The van der Waals surface area contributed by atoms with Crippen LogP contribution >= 0.6 is 0 Å². The zero-order valence-electron chi connectivity index (χ0n) is 13.0. The summed E-state index contributed by atoms with van der Waals surface area (Å²) in [6.45, 7) is 4.90. The van der Waals surface area contributed by atoms with E-state index in [0.717, 1.165) is 12.1 Å². The second-order valence-electron chi connectivity index (χ2n) is 5.97. The number of carbonyl (C=O) groups excluding carboxylic acids is 1. The molecule has 1 aromatic rings. The van der Waals surface area contributed by atoms with Crippen LogP contribution in [0.2, 0.25) is 0 Å². The van der Waals surface area contributed by atoms with Crippen LogP contribution < -0.4 is 11.1 Å². The summed E-state index contributed by atoms with van der Waals surface area (Å²) in [4.78, 5) is 14.3. The van der Waals surface area contributed by atoms with E-state index in [0.29, 0.717) is 12.3 Å². The van der Waals surface area contributed by atoms with E-state index in [2.05, 4.69) is 24.1 Å². The Bertz CT molecular complexity index is 403. The number of rotatable bonds is 7. The van der Waals surface area contributed by atoms with E-state index in [9.17, 15) is 4.79 Å². The van der Waals surface area contributed by atoms with Gasteiger partial charge in [0.15, 0.2) is 0 Å². The van der Waals surface area contributed by atoms with Crippen molar-refractivity contribution in [1.29, 1.82) is 0 Å². The van der Waals surface area contributed by atoms with Crippen LogP contribution in [0.5, 0.6) is 0 Å². The lowest BCUT2D eigenvalue weighted by Crippen LogP contribution is -2.45. The van der Waals surface area contributed by atoms with Crippen LogP contribution in [0.3, 0.4) is 0 Å². The van der Waals surface area contributed by atoms with Crippen molar-refractivity contribution in [3.63, 3.8) is 0 Å². The molecule has 1 aromatic carbocycles. The van der Waals surface area contributed by atoms with Crippen molar-refractivity contribution >= 4 is 5.91 Å². The van der Waals surface area contributed by atoms with Gasteiger partial charge in [-0.25, -0.2) is 0 Å². The first-order valence-corrected chi connectivity index (χ1v) is 7.15. The molecule has 0 heterocycles. The Labute approximate surface area is 122 Å². The minimum atomic E-state index is -0.441. The number of nitrogens with one attached hydrogen (secondary N) is 1. The fraction of sp³-hybridized carbons (Fsp3) is 0.562. The molecule has 0 radical (unpaired) electrons. The average molecular weight is 277 g/mol. The van der Waals surface area contributed by atoms with E-state index >= 15 is 0 Å². The fourth-order valence-electron chi connectivity index (χ4n) is 2.18. The summed E-state index contributed by atoms with van der Waals surface area (Å²) in [7, 11) is 3.99. The number of benzene rings is 1. The van der Waals surface area contributed by atoms with Crippen molar-refractivity contribution in [3.8, 4) is 0 Å². The van der Waals surface area contributed by atoms with E-state index in [1.165, 1.54) is 0 Å². The van der Waals surface area contributed by atoms with Crippen molar-refractivity contribution in [2.75, 3.05) is 20.6 Å².